The summed E-state index contributed by atoms with van der Waals surface area (Å²) in [7, 11) is 0. The summed E-state index contributed by atoms with van der Waals surface area (Å²) in [6.07, 6.45) is 4.78. The molecule has 0 spiro atoms. The Hall–Kier alpha value is -2.70. The van der Waals surface area contributed by atoms with E-state index < -0.39 is 5.41 Å². The molecule has 1 aliphatic heterocycles. The van der Waals surface area contributed by atoms with Gasteiger partial charge in [-0.1, -0.05) is 18.2 Å². The van der Waals surface area contributed by atoms with Crippen molar-refractivity contribution in [2.24, 2.45) is 0 Å². The number of hydrogen-bond donors (Lipinski definition) is 1. The molecular weight excluding hydrogens is 399 g/mol. The van der Waals surface area contributed by atoms with Gasteiger partial charge >= 0.3 is 0 Å². The number of halogens is 1. The Kier molecular flexibility index (Phi) is 6.45. The van der Waals surface area contributed by atoms with Gasteiger partial charge in [-0.3, -0.25) is 9.78 Å². The van der Waals surface area contributed by atoms with Crippen LogP contribution >= 0.6 is 11.8 Å². The second-order valence-corrected chi connectivity index (χ2v) is 8.38. The van der Waals surface area contributed by atoms with E-state index in [1.165, 1.54) is 17.7 Å². The largest absolute Gasteiger partial charge is 0.381 e. The first-order chi connectivity index (χ1) is 14.7. The quantitative estimate of drug-likeness (QED) is 0.555. The first-order valence-electron chi connectivity index (χ1n) is 9.93. The number of rotatable bonds is 6. The smallest absolute Gasteiger partial charge is 0.235 e. The molecule has 1 amide bonds. The summed E-state index contributed by atoms with van der Waals surface area (Å²) < 4.78 is 18.9. The van der Waals surface area contributed by atoms with E-state index in [1.807, 2.05) is 36.5 Å². The molecule has 1 aliphatic rings. The fraction of sp³-hybridized carbons (Fsp3) is 0.250. The lowest BCUT2D eigenvalue weighted by atomic mass is 9.73. The summed E-state index contributed by atoms with van der Waals surface area (Å²) in [5, 5.41) is 3.06. The molecule has 0 aliphatic carbocycles. The van der Waals surface area contributed by atoms with E-state index in [0.29, 0.717) is 26.1 Å². The van der Waals surface area contributed by atoms with Crippen LogP contribution in [-0.2, 0) is 20.7 Å². The maximum atomic E-state index is 13.4. The van der Waals surface area contributed by atoms with E-state index in [-0.39, 0.29) is 11.7 Å². The number of hydrogen-bond acceptors (Lipinski definition) is 4. The summed E-state index contributed by atoms with van der Waals surface area (Å²) >= 11 is 1.72. The minimum absolute atomic E-state index is 0.0758. The molecule has 0 atom stereocenters. The first-order valence-corrected chi connectivity index (χ1v) is 10.9. The number of pyridine rings is 1. The average molecular weight is 423 g/mol. The Labute approximate surface area is 179 Å². The van der Waals surface area contributed by atoms with Crippen LogP contribution in [0.1, 0.15) is 24.0 Å². The molecule has 3 aromatic rings. The molecule has 6 heteroatoms. The van der Waals surface area contributed by atoms with Crippen molar-refractivity contribution in [3.63, 3.8) is 0 Å². The summed E-state index contributed by atoms with van der Waals surface area (Å²) in [4.78, 5) is 18.6. The predicted octanol–water partition coefficient (Wildman–Crippen LogP) is 5.20. The van der Waals surface area contributed by atoms with Crippen molar-refractivity contribution < 1.29 is 13.9 Å². The monoisotopic (exact) mass is 422 g/mol. The normalized spacial score (nSPS) is 15.5. The van der Waals surface area contributed by atoms with Crippen LogP contribution in [0.25, 0.3) is 0 Å². The van der Waals surface area contributed by atoms with E-state index in [4.69, 9.17) is 4.74 Å². The van der Waals surface area contributed by atoms with Gasteiger partial charge in [-0.25, -0.2) is 4.39 Å². The number of ether oxygens (including phenoxy) is 1. The number of benzene rings is 2. The van der Waals surface area contributed by atoms with Crippen LogP contribution in [-0.4, -0.2) is 24.1 Å². The van der Waals surface area contributed by atoms with Gasteiger partial charge < -0.3 is 10.1 Å². The van der Waals surface area contributed by atoms with Crippen LogP contribution in [0.5, 0.6) is 0 Å². The third-order valence-electron chi connectivity index (χ3n) is 5.42. The van der Waals surface area contributed by atoms with Crippen molar-refractivity contribution in [1.29, 1.82) is 0 Å². The SMILES string of the molecule is O=C(Nc1ccc(SCc2cccnc2)cc1)C1(c2ccc(F)cc2)CCOCC1. The molecule has 4 nitrogen and oxygen atoms in total. The zero-order chi connectivity index (χ0) is 20.8. The third kappa shape index (κ3) is 4.71. The van der Waals surface area contributed by atoms with Crippen molar-refractivity contribution in [2.75, 3.05) is 18.5 Å². The zero-order valence-corrected chi connectivity index (χ0v) is 17.3. The summed E-state index contributed by atoms with van der Waals surface area (Å²) in [6, 6.07) is 18.1. The van der Waals surface area contributed by atoms with Crippen molar-refractivity contribution in [2.45, 2.75) is 28.9 Å². The number of anilines is 1. The molecule has 2 aromatic carbocycles. The highest BCUT2D eigenvalue weighted by atomic mass is 32.2. The van der Waals surface area contributed by atoms with Gasteiger partial charge in [-0.15, -0.1) is 11.8 Å². The fourth-order valence-electron chi connectivity index (χ4n) is 3.67. The maximum absolute atomic E-state index is 13.4. The minimum Gasteiger partial charge on any atom is -0.381 e. The van der Waals surface area contributed by atoms with Crippen LogP contribution in [0, 0.1) is 5.82 Å². The highest BCUT2D eigenvalue weighted by Gasteiger charge is 2.41. The third-order valence-corrected chi connectivity index (χ3v) is 6.50. The Bertz CT molecular complexity index is 972. The number of nitrogens with zero attached hydrogens (tertiary/aromatic N) is 1. The molecule has 0 unspecified atom stereocenters. The number of carbonyl (C=O) groups is 1. The summed E-state index contributed by atoms with van der Waals surface area (Å²) in [6.45, 7) is 1.02. The van der Waals surface area contributed by atoms with E-state index in [1.54, 1.807) is 30.1 Å². The predicted molar refractivity (Wildman–Crippen MR) is 117 cm³/mol. The minimum atomic E-state index is -0.709. The van der Waals surface area contributed by atoms with Crippen LogP contribution < -0.4 is 5.32 Å². The molecule has 1 saturated heterocycles. The number of carbonyl (C=O) groups excluding carboxylic acids is 1. The van der Waals surface area contributed by atoms with Gasteiger partial charge in [0.1, 0.15) is 5.82 Å². The number of thioether (sulfide) groups is 1. The van der Waals surface area contributed by atoms with E-state index in [0.717, 1.165) is 21.9 Å². The molecule has 154 valence electrons. The summed E-state index contributed by atoms with van der Waals surface area (Å²) in [5.41, 5.74) is 2.03. The lowest BCUT2D eigenvalue weighted by Gasteiger charge is -2.36. The Morgan fingerprint density at radius 3 is 2.47 bits per heavy atom. The zero-order valence-electron chi connectivity index (χ0n) is 16.5. The highest BCUT2D eigenvalue weighted by Crippen LogP contribution is 2.36. The molecule has 0 radical (unpaired) electrons. The van der Waals surface area contributed by atoms with Crippen molar-refractivity contribution in [3.8, 4) is 0 Å². The van der Waals surface area contributed by atoms with Crippen LogP contribution in [0.3, 0.4) is 0 Å². The Balaban J connectivity index is 1.45. The molecular formula is C24H23FN2O2S. The van der Waals surface area contributed by atoms with Gasteiger partial charge in [0, 0.05) is 41.9 Å². The molecule has 4 rings (SSSR count). The van der Waals surface area contributed by atoms with Gasteiger partial charge in [0.05, 0.1) is 5.41 Å². The topological polar surface area (TPSA) is 51.2 Å². The van der Waals surface area contributed by atoms with E-state index >= 15 is 0 Å². The second-order valence-electron chi connectivity index (χ2n) is 7.33. The maximum Gasteiger partial charge on any atom is 0.235 e. The van der Waals surface area contributed by atoms with Gasteiger partial charge in [-0.2, -0.15) is 0 Å². The van der Waals surface area contributed by atoms with Crippen molar-refractivity contribution in [1.82, 2.24) is 4.98 Å². The number of amides is 1. The van der Waals surface area contributed by atoms with E-state index in [2.05, 4.69) is 16.4 Å². The lowest BCUT2D eigenvalue weighted by Crippen LogP contribution is -2.44. The molecule has 0 saturated carbocycles. The number of nitrogens with one attached hydrogen (secondary N) is 1. The van der Waals surface area contributed by atoms with Gasteiger partial charge in [-0.05, 0) is 66.4 Å². The standard InChI is InChI=1S/C24H23FN2O2S/c25-20-5-3-19(4-6-20)24(11-14-29-15-12-24)23(28)27-21-7-9-22(10-8-21)30-17-18-2-1-13-26-16-18/h1-10,13,16H,11-12,14-15,17H2,(H,27,28). The first kappa shape index (κ1) is 20.6. The molecule has 1 fully saturated rings. The Morgan fingerprint density at radius 2 is 1.80 bits per heavy atom. The molecule has 30 heavy (non-hydrogen) atoms. The molecule has 1 aromatic heterocycles. The van der Waals surface area contributed by atoms with Crippen LogP contribution in [0.15, 0.2) is 78.0 Å². The van der Waals surface area contributed by atoms with Crippen molar-refractivity contribution in [3.05, 3.63) is 90.0 Å². The second kappa shape index (κ2) is 9.41. The number of aromatic nitrogens is 1. The van der Waals surface area contributed by atoms with Gasteiger partial charge in [0.15, 0.2) is 0 Å². The molecule has 0 bridgehead atoms. The van der Waals surface area contributed by atoms with Crippen molar-refractivity contribution >= 4 is 23.4 Å². The van der Waals surface area contributed by atoms with Gasteiger partial charge in [0.25, 0.3) is 0 Å². The van der Waals surface area contributed by atoms with Crippen LogP contribution in [0.2, 0.25) is 0 Å². The molecule has 1 N–H and O–H groups in total. The van der Waals surface area contributed by atoms with E-state index in [9.17, 15) is 9.18 Å². The van der Waals surface area contributed by atoms with Gasteiger partial charge in [0.2, 0.25) is 5.91 Å². The summed E-state index contributed by atoms with van der Waals surface area (Å²) in [5.74, 6) is 0.460. The fourth-order valence-corrected chi connectivity index (χ4v) is 4.50. The Morgan fingerprint density at radius 1 is 1.07 bits per heavy atom. The average Bonchev–Trinajstić information content (AvgIpc) is 2.80. The highest BCUT2D eigenvalue weighted by molar-refractivity contribution is 7.98. The molecule has 2 heterocycles. The van der Waals surface area contributed by atoms with Crippen LogP contribution in [0.4, 0.5) is 10.1 Å². The lowest BCUT2D eigenvalue weighted by molar-refractivity contribution is -0.125.